The molecule has 0 aliphatic carbocycles. The van der Waals surface area contributed by atoms with Gasteiger partial charge in [0.25, 0.3) is 5.91 Å². The van der Waals surface area contributed by atoms with E-state index in [-0.39, 0.29) is 18.6 Å². The topological polar surface area (TPSA) is 58.6 Å². The van der Waals surface area contributed by atoms with Gasteiger partial charge in [0, 0.05) is 12.6 Å². The van der Waals surface area contributed by atoms with Gasteiger partial charge in [0.05, 0.1) is 16.1 Å². The molecule has 1 rings (SSSR count). The molecule has 4 nitrogen and oxygen atoms in total. The van der Waals surface area contributed by atoms with Crippen molar-refractivity contribution in [3.05, 3.63) is 28.2 Å². The maximum Gasteiger partial charge on any atom is 0.257 e. The van der Waals surface area contributed by atoms with Crippen LogP contribution in [0.4, 0.5) is 0 Å². The lowest BCUT2D eigenvalue weighted by molar-refractivity contribution is -0.123. The molecule has 2 N–H and O–H groups in total. The standard InChI is InChI=1S/C13H17Cl2NO3/c1-9(17)3-2-6-16-13(18)8-19-10-4-5-11(14)12(15)7-10/h4-5,7,9,17H,2-3,6,8H2,1H3,(H,16,18). The molecule has 1 aromatic carbocycles. The number of rotatable bonds is 7. The van der Waals surface area contributed by atoms with Crippen LogP contribution in [-0.4, -0.2) is 30.3 Å². The number of hydrogen-bond donors (Lipinski definition) is 2. The first-order valence-electron chi connectivity index (χ1n) is 6.01. The molecule has 1 aromatic rings. The molecule has 0 saturated carbocycles. The minimum atomic E-state index is -0.343. The smallest absolute Gasteiger partial charge is 0.257 e. The van der Waals surface area contributed by atoms with Gasteiger partial charge in [-0.3, -0.25) is 4.79 Å². The fourth-order valence-electron chi connectivity index (χ4n) is 1.39. The van der Waals surface area contributed by atoms with Gasteiger partial charge in [0.15, 0.2) is 6.61 Å². The van der Waals surface area contributed by atoms with Crippen LogP contribution < -0.4 is 10.1 Å². The number of ether oxygens (including phenoxy) is 1. The molecule has 106 valence electrons. The Morgan fingerprint density at radius 1 is 1.42 bits per heavy atom. The van der Waals surface area contributed by atoms with Crippen LogP contribution in [0.1, 0.15) is 19.8 Å². The Morgan fingerprint density at radius 2 is 2.16 bits per heavy atom. The van der Waals surface area contributed by atoms with Gasteiger partial charge < -0.3 is 15.2 Å². The van der Waals surface area contributed by atoms with Gasteiger partial charge >= 0.3 is 0 Å². The quantitative estimate of drug-likeness (QED) is 0.761. The number of aliphatic hydroxyl groups excluding tert-OH is 1. The molecule has 0 spiro atoms. The van der Waals surface area contributed by atoms with Gasteiger partial charge in [-0.1, -0.05) is 23.2 Å². The summed E-state index contributed by atoms with van der Waals surface area (Å²) in [6, 6.07) is 4.82. The van der Waals surface area contributed by atoms with Crippen LogP contribution in [0.25, 0.3) is 0 Å². The van der Waals surface area contributed by atoms with E-state index in [0.717, 1.165) is 6.42 Å². The first-order chi connectivity index (χ1) is 8.99. The summed E-state index contributed by atoms with van der Waals surface area (Å²) in [6.07, 6.45) is 1.05. The first-order valence-corrected chi connectivity index (χ1v) is 6.77. The zero-order chi connectivity index (χ0) is 14.3. The molecule has 19 heavy (non-hydrogen) atoms. The van der Waals surface area contributed by atoms with E-state index in [0.29, 0.717) is 28.8 Å². The second-order valence-corrected chi connectivity index (χ2v) is 5.02. The van der Waals surface area contributed by atoms with Gasteiger partial charge in [0.1, 0.15) is 5.75 Å². The van der Waals surface area contributed by atoms with E-state index in [1.54, 1.807) is 25.1 Å². The van der Waals surface area contributed by atoms with Crippen LogP contribution in [0.2, 0.25) is 10.0 Å². The number of amides is 1. The molecule has 0 aromatic heterocycles. The molecule has 1 atom stereocenters. The van der Waals surface area contributed by atoms with E-state index in [4.69, 9.17) is 33.0 Å². The molecule has 6 heteroatoms. The van der Waals surface area contributed by atoms with E-state index in [2.05, 4.69) is 5.32 Å². The predicted molar refractivity (Wildman–Crippen MR) is 75.9 cm³/mol. The summed E-state index contributed by atoms with van der Waals surface area (Å²) >= 11 is 11.6. The largest absolute Gasteiger partial charge is 0.484 e. The fourth-order valence-corrected chi connectivity index (χ4v) is 1.68. The van der Waals surface area contributed by atoms with Gasteiger partial charge in [-0.25, -0.2) is 0 Å². The normalized spacial score (nSPS) is 12.0. The third kappa shape index (κ3) is 6.66. The molecule has 0 radical (unpaired) electrons. The lowest BCUT2D eigenvalue weighted by atomic mass is 10.2. The maximum absolute atomic E-state index is 11.5. The second kappa shape index (κ2) is 8.25. The fraction of sp³-hybridized carbons (Fsp3) is 0.462. The van der Waals surface area contributed by atoms with Crippen LogP contribution in [0.3, 0.4) is 0 Å². The summed E-state index contributed by atoms with van der Waals surface area (Å²) in [7, 11) is 0. The van der Waals surface area contributed by atoms with Crippen molar-refractivity contribution in [1.82, 2.24) is 5.32 Å². The molecular weight excluding hydrogens is 289 g/mol. The lowest BCUT2D eigenvalue weighted by Gasteiger charge is -2.08. The van der Waals surface area contributed by atoms with Crippen LogP contribution in [0.5, 0.6) is 5.75 Å². The number of carbonyl (C=O) groups excluding carboxylic acids is 1. The number of halogens is 2. The first kappa shape index (κ1) is 16.1. The molecule has 0 heterocycles. The van der Waals surface area contributed by atoms with Crippen molar-refractivity contribution >= 4 is 29.1 Å². The Balaban J connectivity index is 2.24. The van der Waals surface area contributed by atoms with Crippen LogP contribution >= 0.6 is 23.2 Å². The molecule has 0 fully saturated rings. The predicted octanol–water partition coefficient (Wildman–Crippen LogP) is 2.65. The molecule has 1 amide bonds. The van der Waals surface area contributed by atoms with Crippen molar-refractivity contribution < 1.29 is 14.6 Å². The Labute approximate surface area is 122 Å². The van der Waals surface area contributed by atoms with Crippen molar-refractivity contribution in [1.29, 1.82) is 0 Å². The Bertz CT molecular complexity index is 424. The number of carbonyl (C=O) groups is 1. The third-order valence-corrected chi connectivity index (χ3v) is 3.12. The summed E-state index contributed by atoms with van der Waals surface area (Å²) in [5.74, 6) is 0.283. The van der Waals surface area contributed by atoms with Crippen molar-refractivity contribution in [3.63, 3.8) is 0 Å². The van der Waals surface area contributed by atoms with Crippen molar-refractivity contribution in [2.75, 3.05) is 13.2 Å². The van der Waals surface area contributed by atoms with Gasteiger partial charge in [-0.15, -0.1) is 0 Å². The molecular formula is C13H17Cl2NO3. The second-order valence-electron chi connectivity index (χ2n) is 4.21. The molecule has 1 unspecified atom stereocenters. The molecule has 0 saturated heterocycles. The SMILES string of the molecule is CC(O)CCCNC(=O)COc1ccc(Cl)c(Cl)c1. The van der Waals surface area contributed by atoms with Crippen molar-refractivity contribution in [2.24, 2.45) is 0 Å². The van der Waals surface area contributed by atoms with Gasteiger partial charge in [0.2, 0.25) is 0 Å². The third-order valence-electron chi connectivity index (χ3n) is 2.38. The van der Waals surface area contributed by atoms with E-state index < -0.39 is 0 Å². The number of aliphatic hydroxyl groups is 1. The number of nitrogens with one attached hydrogen (secondary N) is 1. The van der Waals surface area contributed by atoms with E-state index in [1.165, 1.54) is 0 Å². The van der Waals surface area contributed by atoms with Crippen LogP contribution in [0.15, 0.2) is 18.2 Å². The highest BCUT2D eigenvalue weighted by Gasteiger charge is 2.04. The maximum atomic E-state index is 11.5. The van der Waals surface area contributed by atoms with Crippen LogP contribution in [0, 0.1) is 0 Å². The van der Waals surface area contributed by atoms with E-state index in [1.807, 2.05) is 0 Å². The summed E-state index contributed by atoms with van der Waals surface area (Å²) < 4.78 is 5.28. The summed E-state index contributed by atoms with van der Waals surface area (Å²) in [5, 5.41) is 12.6. The van der Waals surface area contributed by atoms with Gasteiger partial charge in [-0.2, -0.15) is 0 Å². The average Bonchev–Trinajstić information content (AvgIpc) is 2.36. The summed E-state index contributed by atoms with van der Waals surface area (Å²) in [6.45, 7) is 2.16. The highest BCUT2D eigenvalue weighted by Crippen LogP contribution is 2.26. The minimum Gasteiger partial charge on any atom is -0.484 e. The Kier molecular flexibility index (Phi) is 6.99. The van der Waals surface area contributed by atoms with Crippen molar-refractivity contribution in [3.8, 4) is 5.75 Å². The molecule has 0 aliphatic heterocycles. The van der Waals surface area contributed by atoms with Crippen molar-refractivity contribution in [2.45, 2.75) is 25.9 Å². The average molecular weight is 306 g/mol. The minimum absolute atomic E-state index is 0.0767. The molecule has 0 aliphatic rings. The number of hydrogen-bond acceptors (Lipinski definition) is 3. The highest BCUT2D eigenvalue weighted by molar-refractivity contribution is 6.42. The van der Waals surface area contributed by atoms with E-state index in [9.17, 15) is 4.79 Å². The van der Waals surface area contributed by atoms with E-state index >= 15 is 0 Å². The van der Waals surface area contributed by atoms with Crippen LogP contribution in [-0.2, 0) is 4.79 Å². The lowest BCUT2D eigenvalue weighted by Crippen LogP contribution is -2.30. The Hall–Kier alpha value is -0.970. The number of benzene rings is 1. The highest BCUT2D eigenvalue weighted by atomic mass is 35.5. The Morgan fingerprint density at radius 3 is 2.79 bits per heavy atom. The molecule has 0 bridgehead atoms. The zero-order valence-electron chi connectivity index (χ0n) is 10.7. The summed E-state index contributed by atoms with van der Waals surface area (Å²) in [4.78, 5) is 11.5. The monoisotopic (exact) mass is 305 g/mol. The van der Waals surface area contributed by atoms with Gasteiger partial charge in [-0.05, 0) is 31.9 Å². The zero-order valence-corrected chi connectivity index (χ0v) is 12.2. The summed E-state index contributed by atoms with van der Waals surface area (Å²) in [5.41, 5.74) is 0.